The van der Waals surface area contributed by atoms with Crippen molar-refractivity contribution in [2.75, 3.05) is 24.9 Å². The molecule has 0 N–H and O–H groups in total. The molecule has 31 heavy (non-hydrogen) atoms. The van der Waals surface area contributed by atoms with Gasteiger partial charge >= 0.3 is 12.1 Å². The van der Waals surface area contributed by atoms with Gasteiger partial charge in [0.15, 0.2) is 16.4 Å². The maximum absolute atomic E-state index is 13.0. The van der Waals surface area contributed by atoms with Crippen LogP contribution in [0.2, 0.25) is 0 Å². The zero-order valence-electron chi connectivity index (χ0n) is 16.6. The molecule has 0 radical (unpaired) electrons. The molecule has 6 nitrogen and oxygen atoms in total. The third-order valence-corrected chi connectivity index (χ3v) is 6.27. The second-order valence-electron chi connectivity index (χ2n) is 6.73. The summed E-state index contributed by atoms with van der Waals surface area (Å²) in [5.74, 6) is -5.63. The van der Waals surface area contributed by atoms with Crippen molar-refractivity contribution >= 4 is 25.3 Å². The lowest BCUT2D eigenvalue weighted by Crippen LogP contribution is -2.41. The predicted molar refractivity (Wildman–Crippen MR) is 106 cm³/mol. The summed E-state index contributed by atoms with van der Waals surface area (Å²) >= 11 is 0. The van der Waals surface area contributed by atoms with E-state index in [-0.39, 0.29) is 33.3 Å². The first-order valence-electron chi connectivity index (χ1n) is 8.63. The van der Waals surface area contributed by atoms with Crippen LogP contribution in [0.3, 0.4) is 0 Å². The van der Waals surface area contributed by atoms with E-state index in [9.17, 15) is 34.6 Å². The molecule has 1 heterocycles. The zero-order chi connectivity index (χ0) is 23.7. The van der Waals surface area contributed by atoms with Crippen LogP contribution in [0.5, 0.6) is 5.75 Å². The number of halogens is 5. The molecule has 0 spiro atoms. The van der Waals surface area contributed by atoms with E-state index in [1.165, 1.54) is 43.7 Å². The summed E-state index contributed by atoms with van der Waals surface area (Å²) in [6.45, 7) is -0.493. The molecular weight excluding hydrogens is 467 g/mol. The van der Waals surface area contributed by atoms with Gasteiger partial charge in [-0.25, -0.2) is 12.6 Å². The SMILES string of the molecule is CCS(=O)(=O)c1cc(N=S(C)(C)=O)ccc1-c1ccc(OCC(F)(F)C(F)(F)F)cn1. The Kier molecular flexibility index (Phi) is 7.00. The highest BCUT2D eigenvalue weighted by atomic mass is 32.2. The lowest BCUT2D eigenvalue weighted by atomic mass is 10.1. The smallest absolute Gasteiger partial charge is 0.456 e. The summed E-state index contributed by atoms with van der Waals surface area (Å²) in [5, 5.41) is 0. The van der Waals surface area contributed by atoms with Gasteiger partial charge in [0.05, 0.1) is 28.2 Å². The van der Waals surface area contributed by atoms with Gasteiger partial charge in [0, 0.05) is 27.8 Å². The number of ether oxygens (including phenoxy) is 1. The normalized spacial score (nSPS) is 13.2. The Hall–Kier alpha value is -2.28. The topological polar surface area (TPSA) is 85.7 Å². The van der Waals surface area contributed by atoms with E-state index >= 15 is 0 Å². The van der Waals surface area contributed by atoms with E-state index < -0.39 is 38.3 Å². The fourth-order valence-electron chi connectivity index (χ4n) is 2.33. The van der Waals surface area contributed by atoms with Crippen LogP contribution < -0.4 is 4.74 Å². The van der Waals surface area contributed by atoms with Gasteiger partial charge < -0.3 is 4.74 Å². The van der Waals surface area contributed by atoms with Crippen LogP contribution in [-0.2, 0) is 19.6 Å². The van der Waals surface area contributed by atoms with Gasteiger partial charge in [0.2, 0.25) is 0 Å². The van der Waals surface area contributed by atoms with Crippen molar-refractivity contribution in [3.05, 3.63) is 36.5 Å². The van der Waals surface area contributed by atoms with Crippen molar-refractivity contribution in [1.82, 2.24) is 4.98 Å². The van der Waals surface area contributed by atoms with Crippen LogP contribution in [0, 0.1) is 0 Å². The molecule has 0 unspecified atom stereocenters. The maximum atomic E-state index is 13.0. The largest absolute Gasteiger partial charge is 0.485 e. The first-order chi connectivity index (χ1) is 14.1. The molecule has 1 aromatic carbocycles. The minimum absolute atomic E-state index is 0.113. The summed E-state index contributed by atoms with van der Waals surface area (Å²) in [4.78, 5) is 3.79. The molecule has 1 aromatic heterocycles. The molecule has 0 aliphatic rings. The highest BCUT2D eigenvalue weighted by Gasteiger charge is 2.58. The third-order valence-electron chi connectivity index (χ3n) is 3.85. The standard InChI is InChI=1S/C18H19F5N2O4S2/c1-4-31(27,28)16-9-12(25-30(2,3)26)5-7-14(16)15-8-6-13(10-24-15)29-11-17(19,20)18(21,22)23/h5-10H,4,11H2,1-3H3. The van der Waals surface area contributed by atoms with Gasteiger partial charge in [-0.05, 0) is 30.3 Å². The number of rotatable bonds is 7. The Balaban J connectivity index is 2.41. The minimum Gasteiger partial charge on any atom is -0.485 e. The van der Waals surface area contributed by atoms with Gasteiger partial charge in [-0.1, -0.05) is 6.92 Å². The Morgan fingerprint density at radius 1 is 1.03 bits per heavy atom. The third kappa shape index (κ3) is 6.35. The summed E-state index contributed by atoms with van der Waals surface area (Å²) < 4.78 is 108. The van der Waals surface area contributed by atoms with E-state index in [2.05, 4.69) is 14.1 Å². The maximum Gasteiger partial charge on any atom is 0.456 e. The van der Waals surface area contributed by atoms with Crippen molar-refractivity contribution in [2.45, 2.75) is 23.9 Å². The average Bonchev–Trinajstić information content (AvgIpc) is 2.65. The number of nitrogens with zero attached hydrogens (tertiary/aromatic N) is 2. The highest BCUT2D eigenvalue weighted by molar-refractivity contribution is 7.92. The van der Waals surface area contributed by atoms with Crippen LogP contribution in [-0.4, -0.2) is 54.6 Å². The van der Waals surface area contributed by atoms with Crippen LogP contribution >= 0.6 is 0 Å². The number of aromatic nitrogens is 1. The van der Waals surface area contributed by atoms with E-state index in [0.717, 1.165) is 12.3 Å². The molecule has 0 amide bonds. The Labute approximate surface area is 176 Å². The average molecular weight is 486 g/mol. The molecule has 13 heteroatoms. The van der Waals surface area contributed by atoms with Crippen LogP contribution in [0.15, 0.2) is 45.8 Å². The summed E-state index contributed by atoms with van der Waals surface area (Å²) in [6.07, 6.45) is -2.07. The van der Waals surface area contributed by atoms with E-state index in [1.807, 2.05) is 0 Å². The predicted octanol–water partition coefficient (Wildman–Crippen LogP) is 4.48. The van der Waals surface area contributed by atoms with Crippen LogP contribution in [0.25, 0.3) is 11.3 Å². The second kappa shape index (κ2) is 8.69. The molecule has 0 aliphatic heterocycles. The fraction of sp³-hybridized carbons (Fsp3) is 0.389. The molecular formula is C18H19F5N2O4S2. The van der Waals surface area contributed by atoms with E-state index in [1.54, 1.807) is 0 Å². The Morgan fingerprint density at radius 3 is 2.16 bits per heavy atom. The summed E-state index contributed by atoms with van der Waals surface area (Å²) in [7, 11) is -6.31. The van der Waals surface area contributed by atoms with Crippen molar-refractivity contribution in [2.24, 2.45) is 4.36 Å². The lowest BCUT2D eigenvalue weighted by molar-refractivity contribution is -0.290. The van der Waals surface area contributed by atoms with Crippen molar-refractivity contribution in [1.29, 1.82) is 0 Å². The molecule has 0 saturated heterocycles. The summed E-state index contributed by atoms with van der Waals surface area (Å²) in [6, 6.07) is 6.40. The number of hydrogen-bond acceptors (Lipinski definition) is 6. The first-order valence-corrected chi connectivity index (χ1v) is 12.6. The van der Waals surface area contributed by atoms with Gasteiger partial charge in [0.25, 0.3) is 0 Å². The zero-order valence-corrected chi connectivity index (χ0v) is 18.2. The quantitative estimate of drug-likeness (QED) is 0.539. The van der Waals surface area contributed by atoms with Crippen molar-refractivity contribution < 1.29 is 39.3 Å². The molecule has 2 aromatic rings. The van der Waals surface area contributed by atoms with Gasteiger partial charge in [-0.15, -0.1) is 0 Å². The lowest BCUT2D eigenvalue weighted by Gasteiger charge is -2.19. The molecule has 172 valence electrons. The number of hydrogen-bond donors (Lipinski definition) is 0. The molecule has 0 fully saturated rings. The van der Waals surface area contributed by atoms with E-state index in [0.29, 0.717) is 0 Å². The highest BCUT2D eigenvalue weighted by Crippen LogP contribution is 2.36. The molecule has 0 aliphatic carbocycles. The Morgan fingerprint density at radius 2 is 1.68 bits per heavy atom. The first kappa shape index (κ1) is 25.0. The molecule has 2 rings (SSSR count). The van der Waals surface area contributed by atoms with Crippen LogP contribution in [0.4, 0.5) is 27.6 Å². The minimum atomic E-state index is -5.75. The van der Waals surface area contributed by atoms with Crippen LogP contribution in [0.1, 0.15) is 6.92 Å². The van der Waals surface area contributed by atoms with Gasteiger partial charge in [-0.2, -0.15) is 26.3 Å². The Bertz CT molecular complexity index is 1160. The van der Waals surface area contributed by atoms with Crippen molar-refractivity contribution in [3.8, 4) is 17.0 Å². The fourth-order valence-corrected chi connectivity index (χ4v) is 4.07. The monoisotopic (exact) mass is 486 g/mol. The molecule has 0 bridgehead atoms. The number of benzene rings is 1. The number of alkyl halides is 5. The van der Waals surface area contributed by atoms with E-state index in [4.69, 9.17) is 0 Å². The van der Waals surface area contributed by atoms with Crippen molar-refractivity contribution in [3.63, 3.8) is 0 Å². The summed E-state index contributed by atoms with van der Waals surface area (Å²) in [5.41, 5.74) is 0.453. The number of pyridine rings is 1. The van der Waals surface area contributed by atoms with Gasteiger partial charge in [-0.3, -0.25) is 4.98 Å². The van der Waals surface area contributed by atoms with Gasteiger partial charge in [0.1, 0.15) is 5.75 Å². The molecule has 0 saturated carbocycles. The number of sulfone groups is 1. The second-order valence-corrected chi connectivity index (χ2v) is 11.5. The molecule has 0 atom stereocenters.